The van der Waals surface area contributed by atoms with E-state index in [1.807, 2.05) is 17.7 Å². The molecule has 2 rings (SSSR count). The highest BCUT2D eigenvalue weighted by Gasteiger charge is 2.15. The third kappa shape index (κ3) is 6.39. The summed E-state index contributed by atoms with van der Waals surface area (Å²) in [6.07, 6.45) is 5.11. The molecular weight excluding hydrogens is 357 g/mol. The zero-order valence-electron chi connectivity index (χ0n) is 15.6. The molecule has 1 atom stereocenters. The molecule has 1 aliphatic rings. The molecule has 0 aliphatic carbocycles. The van der Waals surface area contributed by atoms with Gasteiger partial charge in [-0.25, -0.2) is 0 Å². The van der Waals surface area contributed by atoms with Crippen LogP contribution in [0.2, 0.25) is 10.2 Å². The van der Waals surface area contributed by atoms with Gasteiger partial charge < -0.3 is 20.1 Å². The van der Waals surface area contributed by atoms with Gasteiger partial charge in [0.25, 0.3) is 0 Å². The van der Waals surface area contributed by atoms with E-state index in [2.05, 4.69) is 27.4 Å². The number of unbranched alkanes of at least 4 members (excludes halogenated alkanes) is 1. The second-order valence-electron chi connectivity index (χ2n) is 6.94. The molecule has 1 saturated heterocycles. The summed E-state index contributed by atoms with van der Waals surface area (Å²) in [5.41, 5.74) is 1.03. The molecule has 5 nitrogen and oxygen atoms in total. The number of piperidine rings is 1. The molecule has 25 heavy (non-hydrogen) atoms. The first-order valence-electron chi connectivity index (χ1n) is 9.17. The number of aromatic nitrogens is 1. The first-order chi connectivity index (χ1) is 12.0. The molecule has 0 spiro atoms. The van der Waals surface area contributed by atoms with Crippen molar-refractivity contribution in [3.63, 3.8) is 0 Å². The van der Waals surface area contributed by atoms with Gasteiger partial charge in [0.2, 0.25) is 0 Å². The summed E-state index contributed by atoms with van der Waals surface area (Å²) in [6.45, 7) is 7.65. The van der Waals surface area contributed by atoms with Crippen molar-refractivity contribution in [2.24, 2.45) is 18.0 Å². The highest BCUT2D eigenvalue weighted by Crippen LogP contribution is 2.24. The third-order valence-electron chi connectivity index (χ3n) is 4.81. The molecule has 1 fully saturated rings. The predicted octanol–water partition coefficient (Wildman–Crippen LogP) is 3.51. The lowest BCUT2D eigenvalue weighted by atomic mass is 10.0. The van der Waals surface area contributed by atoms with E-state index in [1.165, 1.54) is 38.9 Å². The Labute approximate surface area is 161 Å². The van der Waals surface area contributed by atoms with Crippen LogP contribution in [0.25, 0.3) is 0 Å². The molecule has 0 saturated carbocycles. The van der Waals surface area contributed by atoms with Crippen molar-refractivity contribution < 1.29 is 0 Å². The van der Waals surface area contributed by atoms with Crippen LogP contribution >= 0.6 is 23.2 Å². The van der Waals surface area contributed by atoms with Crippen LogP contribution in [0.5, 0.6) is 0 Å². The van der Waals surface area contributed by atoms with E-state index in [1.54, 1.807) is 7.05 Å². The zero-order valence-corrected chi connectivity index (χ0v) is 17.1. The fourth-order valence-electron chi connectivity index (χ4n) is 3.31. The van der Waals surface area contributed by atoms with Gasteiger partial charge >= 0.3 is 0 Å². The van der Waals surface area contributed by atoms with E-state index in [0.29, 0.717) is 16.7 Å². The molecule has 0 radical (unpaired) electrons. The average Bonchev–Trinajstić information content (AvgIpc) is 2.84. The molecule has 1 aliphatic heterocycles. The Morgan fingerprint density at radius 1 is 1.32 bits per heavy atom. The highest BCUT2D eigenvalue weighted by atomic mass is 35.5. The smallest absolute Gasteiger partial charge is 0.191 e. The lowest BCUT2D eigenvalue weighted by Gasteiger charge is -2.30. The van der Waals surface area contributed by atoms with E-state index in [4.69, 9.17) is 23.2 Å². The standard InChI is InChI=1S/C18H31Cl2N5/c1-14-7-6-10-25(13-14)9-5-4-8-22-18(21-2)23-12-15-11-16(19)17(20)24(15)3/h11,14H,4-10,12-13H2,1-3H3,(H2,21,22,23). The Balaban J connectivity index is 1.62. The lowest BCUT2D eigenvalue weighted by molar-refractivity contribution is 0.181. The van der Waals surface area contributed by atoms with Gasteiger partial charge in [-0.15, -0.1) is 0 Å². The second-order valence-corrected chi connectivity index (χ2v) is 7.71. The van der Waals surface area contributed by atoms with E-state index in [9.17, 15) is 0 Å². The van der Waals surface area contributed by atoms with Crippen molar-refractivity contribution in [2.75, 3.05) is 33.2 Å². The minimum atomic E-state index is 0.563. The number of guanidine groups is 1. The van der Waals surface area contributed by atoms with Crippen LogP contribution in [-0.2, 0) is 13.6 Å². The SMILES string of the molecule is CN=C(NCCCCN1CCCC(C)C1)NCc1cc(Cl)c(Cl)n1C. The molecule has 2 N–H and O–H groups in total. The Hall–Kier alpha value is -0.910. The normalized spacial score (nSPS) is 19.2. The summed E-state index contributed by atoms with van der Waals surface area (Å²) >= 11 is 12.1. The second kappa shape index (κ2) is 10.3. The molecule has 0 bridgehead atoms. The fraction of sp³-hybridized carbons (Fsp3) is 0.722. The van der Waals surface area contributed by atoms with Crippen LogP contribution in [-0.4, -0.2) is 48.7 Å². The van der Waals surface area contributed by atoms with Crippen molar-refractivity contribution in [1.82, 2.24) is 20.1 Å². The summed E-state index contributed by atoms with van der Waals surface area (Å²) in [7, 11) is 3.69. The Morgan fingerprint density at radius 2 is 2.12 bits per heavy atom. The van der Waals surface area contributed by atoms with Gasteiger partial charge in [0.05, 0.1) is 11.6 Å². The molecule has 7 heteroatoms. The van der Waals surface area contributed by atoms with Crippen molar-refractivity contribution in [3.8, 4) is 0 Å². The maximum absolute atomic E-state index is 6.09. The number of nitrogens with zero attached hydrogens (tertiary/aromatic N) is 3. The number of hydrogen-bond donors (Lipinski definition) is 2. The van der Waals surface area contributed by atoms with Gasteiger partial charge in [-0.3, -0.25) is 4.99 Å². The quantitative estimate of drug-likeness (QED) is 0.427. The monoisotopic (exact) mass is 387 g/mol. The molecule has 1 aromatic rings. The van der Waals surface area contributed by atoms with Crippen LogP contribution in [0.1, 0.15) is 38.3 Å². The Bertz CT molecular complexity index is 570. The summed E-state index contributed by atoms with van der Waals surface area (Å²) in [4.78, 5) is 6.87. The van der Waals surface area contributed by atoms with E-state index < -0.39 is 0 Å². The van der Waals surface area contributed by atoms with E-state index in [0.717, 1.165) is 30.5 Å². The largest absolute Gasteiger partial charge is 0.356 e. The fourth-order valence-corrected chi connectivity index (χ4v) is 3.73. The average molecular weight is 388 g/mol. The van der Waals surface area contributed by atoms with Gasteiger partial charge in [0.1, 0.15) is 5.15 Å². The number of hydrogen-bond acceptors (Lipinski definition) is 2. The van der Waals surface area contributed by atoms with Crippen molar-refractivity contribution >= 4 is 29.2 Å². The number of halogens is 2. The summed E-state index contributed by atoms with van der Waals surface area (Å²) < 4.78 is 1.88. The van der Waals surface area contributed by atoms with Gasteiger partial charge in [0, 0.05) is 32.9 Å². The van der Waals surface area contributed by atoms with Crippen molar-refractivity contribution in [2.45, 2.75) is 39.2 Å². The summed E-state index contributed by atoms with van der Waals surface area (Å²) in [6, 6.07) is 1.88. The number of aliphatic imine (C=N–C) groups is 1. The van der Waals surface area contributed by atoms with Gasteiger partial charge in [-0.2, -0.15) is 0 Å². The topological polar surface area (TPSA) is 44.6 Å². The molecule has 0 aromatic carbocycles. The van der Waals surface area contributed by atoms with Crippen LogP contribution in [0, 0.1) is 5.92 Å². The molecule has 1 aromatic heterocycles. The lowest BCUT2D eigenvalue weighted by Crippen LogP contribution is -2.38. The first-order valence-corrected chi connectivity index (χ1v) is 9.93. The molecular formula is C18H31Cl2N5. The summed E-state index contributed by atoms with van der Waals surface area (Å²) in [5, 5.41) is 7.82. The zero-order chi connectivity index (χ0) is 18.2. The van der Waals surface area contributed by atoms with Crippen LogP contribution in [0.3, 0.4) is 0 Å². The van der Waals surface area contributed by atoms with Gasteiger partial charge in [-0.1, -0.05) is 30.1 Å². The van der Waals surface area contributed by atoms with E-state index in [-0.39, 0.29) is 0 Å². The highest BCUT2D eigenvalue weighted by molar-refractivity contribution is 6.41. The maximum Gasteiger partial charge on any atom is 0.191 e. The van der Waals surface area contributed by atoms with Gasteiger partial charge in [0.15, 0.2) is 5.96 Å². The molecule has 142 valence electrons. The molecule has 0 amide bonds. The number of rotatable bonds is 7. The predicted molar refractivity (Wildman–Crippen MR) is 108 cm³/mol. The molecule has 2 heterocycles. The maximum atomic E-state index is 6.09. The minimum Gasteiger partial charge on any atom is -0.356 e. The van der Waals surface area contributed by atoms with Crippen LogP contribution in [0.4, 0.5) is 0 Å². The third-order valence-corrected chi connectivity index (χ3v) is 5.65. The summed E-state index contributed by atoms with van der Waals surface area (Å²) in [5.74, 6) is 1.66. The minimum absolute atomic E-state index is 0.563. The van der Waals surface area contributed by atoms with E-state index >= 15 is 0 Å². The Morgan fingerprint density at radius 3 is 2.76 bits per heavy atom. The van der Waals surface area contributed by atoms with Crippen LogP contribution < -0.4 is 10.6 Å². The van der Waals surface area contributed by atoms with Gasteiger partial charge in [-0.05, 0) is 50.8 Å². The number of likely N-dealkylation sites (tertiary alicyclic amines) is 1. The van der Waals surface area contributed by atoms with Crippen LogP contribution in [0.15, 0.2) is 11.1 Å². The molecule has 1 unspecified atom stereocenters. The Kier molecular flexibility index (Phi) is 8.40. The number of nitrogens with one attached hydrogen (secondary N) is 2. The first kappa shape index (κ1) is 20.4. The van der Waals surface area contributed by atoms with Crippen molar-refractivity contribution in [1.29, 1.82) is 0 Å². The van der Waals surface area contributed by atoms with Crippen molar-refractivity contribution in [3.05, 3.63) is 21.9 Å².